The number of pyridine rings is 1. The van der Waals surface area contributed by atoms with Crippen LogP contribution in [0.4, 0.5) is 5.69 Å². The summed E-state index contributed by atoms with van der Waals surface area (Å²) in [6.07, 6.45) is 3.31. The van der Waals surface area contributed by atoms with E-state index in [9.17, 15) is 14.7 Å². The van der Waals surface area contributed by atoms with Crippen molar-refractivity contribution in [1.82, 2.24) is 9.88 Å². The molecule has 32 heavy (non-hydrogen) atoms. The van der Waals surface area contributed by atoms with E-state index in [2.05, 4.69) is 4.98 Å². The van der Waals surface area contributed by atoms with Crippen LogP contribution in [-0.2, 0) is 16.1 Å². The summed E-state index contributed by atoms with van der Waals surface area (Å²) in [5.41, 5.74) is 2.98. The van der Waals surface area contributed by atoms with Crippen molar-refractivity contribution in [1.29, 1.82) is 0 Å². The van der Waals surface area contributed by atoms with E-state index in [1.165, 1.54) is 4.90 Å². The molecule has 1 aromatic heterocycles. The van der Waals surface area contributed by atoms with Gasteiger partial charge in [-0.15, -0.1) is 0 Å². The zero-order valence-corrected chi connectivity index (χ0v) is 18.5. The number of halogens is 1. The Morgan fingerprint density at radius 2 is 1.75 bits per heavy atom. The van der Waals surface area contributed by atoms with Gasteiger partial charge in [0.2, 0.25) is 0 Å². The highest BCUT2D eigenvalue weighted by Gasteiger charge is 2.46. The normalized spacial score (nSPS) is 17.6. The predicted octanol–water partition coefficient (Wildman–Crippen LogP) is 4.42. The number of anilines is 1. The van der Waals surface area contributed by atoms with Crippen molar-refractivity contribution >= 4 is 34.7 Å². The molecule has 0 aliphatic carbocycles. The minimum absolute atomic E-state index is 0.0545. The van der Waals surface area contributed by atoms with Gasteiger partial charge in [0.05, 0.1) is 11.6 Å². The Morgan fingerprint density at radius 1 is 1.06 bits per heavy atom. The minimum atomic E-state index is -0.734. The van der Waals surface area contributed by atoms with Gasteiger partial charge in [0, 0.05) is 49.3 Å². The minimum Gasteiger partial charge on any atom is -0.507 e. The molecule has 0 saturated carbocycles. The van der Waals surface area contributed by atoms with Gasteiger partial charge in [0.1, 0.15) is 5.76 Å². The van der Waals surface area contributed by atoms with Gasteiger partial charge < -0.3 is 14.9 Å². The third-order valence-corrected chi connectivity index (χ3v) is 5.71. The molecule has 7 heteroatoms. The number of likely N-dealkylation sites (tertiary alicyclic amines) is 1. The number of aliphatic hydroxyl groups is 1. The third-order valence-electron chi connectivity index (χ3n) is 5.46. The van der Waals surface area contributed by atoms with E-state index >= 15 is 0 Å². The second-order valence-corrected chi connectivity index (χ2v) is 8.22. The number of benzene rings is 2. The molecule has 6 nitrogen and oxygen atoms in total. The molecule has 1 aliphatic rings. The van der Waals surface area contributed by atoms with Crippen molar-refractivity contribution in [2.45, 2.75) is 12.6 Å². The summed E-state index contributed by atoms with van der Waals surface area (Å²) in [6.45, 7) is 0.190. The van der Waals surface area contributed by atoms with Crippen molar-refractivity contribution < 1.29 is 14.7 Å². The van der Waals surface area contributed by atoms with E-state index in [4.69, 9.17) is 11.6 Å². The number of ketones is 1. The first-order chi connectivity index (χ1) is 15.4. The maximum atomic E-state index is 13.1. The third kappa shape index (κ3) is 4.09. The van der Waals surface area contributed by atoms with Gasteiger partial charge >= 0.3 is 0 Å². The Hall–Kier alpha value is -3.64. The summed E-state index contributed by atoms with van der Waals surface area (Å²) < 4.78 is 0. The lowest BCUT2D eigenvalue weighted by atomic mass is 9.95. The lowest BCUT2D eigenvalue weighted by molar-refractivity contribution is -0.140. The fourth-order valence-corrected chi connectivity index (χ4v) is 3.92. The lowest BCUT2D eigenvalue weighted by Gasteiger charge is -2.26. The van der Waals surface area contributed by atoms with Gasteiger partial charge in [-0.3, -0.25) is 14.6 Å². The number of amides is 1. The number of rotatable bonds is 5. The lowest BCUT2D eigenvalue weighted by Crippen LogP contribution is -2.29. The van der Waals surface area contributed by atoms with Gasteiger partial charge in [-0.25, -0.2) is 0 Å². The molecule has 2 heterocycles. The standard InChI is InChI=1S/C25H22ClN3O3/c1-28(2)20-11-7-17(8-12-20)22-21(23(30)18-5-9-19(26)10-6-18)24(31)25(32)29(22)15-16-4-3-13-27-14-16/h3-14,22,30H,15H2,1-2H3/b23-21+/t22-/m0/s1. The quantitative estimate of drug-likeness (QED) is 0.356. The molecule has 1 N–H and O–H groups in total. The average molecular weight is 448 g/mol. The van der Waals surface area contributed by atoms with Crippen LogP contribution in [0.2, 0.25) is 5.02 Å². The first-order valence-corrected chi connectivity index (χ1v) is 10.4. The van der Waals surface area contributed by atoms with Gasteiger partial charge in [0.25, 0.3) is 11.7 Å². The highest BCUT2D eigenvalue weighted by atomic mass is 35.5. The van der Waals surface area contributed by atoms with E-state index in [1.807, 2.05) is 49.3 Å². The van der Waals surface area contributed by atoms with E-state index in [-0.39, 0.29) is 17.9 Å². The summed E-state index contributed by atoms with van der Waals surface area (Å²) in [6, 6.07) is 17.0. The summed E-state index contributed by atoms with van der Waals surface area (Å²) in [5.74, 6) is -1.61. The van der Waals surface area contributed by atoms with Crippen molar-refractivity contribution in [3.05, 3.63) is 100 Å². The Morgan fingerprint density at radius 3 is 2.34 bits per heavy atom. The molecule has 4 rings (SSSR count). The molecule has 1 amide bonds. The number of aliphatic hydroxyl groups excluding tert-OH is 1. The van der Waals surface area contributed by atoms with Gasteiger partial charge in [-0.05, 0) is 53.6 Å². The fourth-order valence-electron chi connectivity index (χ4n) is 3.80. The van der Waals surface area contributed by atoms with Crippen molar-refractivity contribution in [3.63, 3.8) is 0 Å². The van der Waals surface area contributed by atoms with Crippen LogP contribution in [0.5, 0.6) is 0 Å². The maximum Gasteiger partial charge on any atom is 0.295 e. The van der Waals surface area contributed by atoms with Crippen LogP contribution in [-0.4, -0.2) is 40.8 Å². The Labute approximate surface area is 191 Å². The molecule has 0 spiro atoms. The largest absolute Gasteiger partial charge is 0.507 e. The fraction of sp³-hybridized carbons (Fsp3) is 0.160. The molecule has 3 aromatic rings. The zero-order valence-electron chi connectivity index (χ0n) is 17.7. The summed E-state index contributed by atoms with van der Waals surface area (Å²) in [7, 11) is 3.87. The van der Waals surface area contributed by atoms with Gasteiger partial charge in [-0.2, -0.15) is 0 Å². The monoisotopic (exact) mass is 447 g/mol. The number of aromatic nitrogens is 1. The highest BCUT2D eigenvalue weighted by molar-refractivity contribution is 6.46. The number of hydrogen-bond donors (Lipinski definition) is 1. The van der Waals surface area contributed by atoms with Gasteiger partial charge in [0.15, 0.2) is 0 Å². The summed E-state index contributed by atoms with van der Waals surface area (Å²) in [4.78, 5) is 33.7. The number of hydrogen-bond acceptors (Lipinski definition) is 5. The second-order valence-electron chi connectivity index (χ2n) is 7.78. The first-order valence-electron chi connectivity index (χ1n) is 10.1. The van der Waals surface area contributed by atoms with Crippen LogP contribution in [0, 0.1) is 0 Å². The van der Waals surface area contributed by atoms with Gasteiger partial charge in [-0.1, -0.05) is 29.8 Å². The van der Waals surface area contributed by atoms with Crippen molar-refractivity contribution in [2.75, 3.05) is 19.0 Å². The van der Waals surface area contributed by atoms with Crippen molar-refractivity contribution in [2.24, 2.45) is 0 Å². The van der Waals surface area contributed by atoms with E-state index in [1.54, 1.807) is 42.7 Å². The summed E-state index contributed by atoms with van der Waals surface area (Å²) in [5, 5.41) is 11.6. The molecule has 1 saturated heterocycles. The molecule has 0 radical (unpaired) electrons. The van der Waals surface area contributed by atoms with Crippen LogP contribution in [0.1, 0.15) is 22.7 Å². The molecule has 0 unspecified atom stereocenters. The van der Waals surface area contributed by atoms with Crippen molar-refractivity contribution in [3.8, 4) is 0 Å². The molecule has 2 aromatic carbocycles. The number of carbonyl (C=O) groups excluding carboxylic acids is 2. The molecule has 1 aliphatic heterocycles. The Kier molecular flexibility index (Phi) is 5.97. The Balaban J connectivity index is 1.84. The van der Waals surface area contributed by atoms with Crippen LogP contribution in [0.15, 0.2) is 78.6 Å². The predicted molar refractivity (Wildman–Crippen MR) is 124 cm³/mol. The molecule has 162 valence electrons. The molecular formula is C25H22ClN3O3. The van der Waals surface area contributed by atoms with Crippen LogP contribution in [0.3, 0.4) is 0 Å². The first kappa shape index (κ1) is 21.6. The SMILES string of the molecule is CN(C)c1ccc([C@H]2/C(=C(\O)c3ccc(Cl)cc3)C(=O)C(=O)N2Cc2cccnc2)cc1. The van der Waals surface area contributed by atoms with Crippen LogP contribution in [0.25, 0.3) is 5.76 Å². The van der Waals surface area contributed by atoms with Crippen LogP contribution < -0.4 is 4.90 Å². The van der Waals surface area contributed by atoms with Crippen LogP contribution >= 0.6 is 11.6 Å². The number of nitrogens with zero attached hydrogens (tertiary/aromatic N) is 3. The number of carbonyl (C=O) groups is 2. The molecule has 0 bridgehead atoms. The van der Waals surface area contributed by atoms with E-state index in [0.29, 0.717) is 10.6 Å². The maximum absolute atomic E-state index is 13.1. The average Bonchev–Trinajstić information content (AvgIpc) is 3.05. The zero-order chi connectivity index (χ0) is 22.8. The Bertz CT molecular complexity index is 1170. The summed E-state index contributed by atoms with van der Waals surface area (Å²) >= 11 is 5.97. The number of Topliss-reactive ketones (excluding diaryl/α,β-unsaturated/α-hetero) is 1. The van der Waals surface area contributed by atoms with E-state index < -0.39 is 17.7 Å². The second kappa shape index (κ2) is 8.85. The molecule has 1 atom stereocenters. The smallest absolute Gasteiger partial charge is 0.295 e. The topological polar surface area (TPSA) is 73.7 Å². The molecular weight excluding hydrogens is 426 g/mol. The van der Waals surface area contributed by atoms with E-state index in [0.717, 1.165) is 16.8 Å². The highest BCUT2D eigenvalue weighted by Crippen LogP contribution is 2.40. The molecule has 1 fully saturated rings.